The maximum atomic E-state index is 13.6. The number of benzene rings is 2. The molecule has 0 saturated carbocycles. The molecule has 0 aromatic heterocycles. The van der Waals surface area contributed by atoms with Gasteiger partial charge in [-0.1, -0.05) is 51.9 Å². The summed E-state index contributed by atoms with van der Waals surface area (Å²) in [5, 5.41) is 0. The third-order valence-electron chi connectivity index (χ3n) is 4.73. The van der Waals surface area contributed by atoms with E-state index in [1.165, 1.54) is 30.0 Å². The van der Waals surface area contributed by atoms with Crippen molar-refractivity contribution in [3.8, 4) is 0 Å². The number of hydrogen-bond acceptors (Lipinski definition) is 1. The Bertz CT molecular complexity index is 626. The highest BCUT2D eigenvalue weighted by Gasteiger charge is 2.28. The van der Waals surface area contributed by atoms with Gasteiger partial charge in [0.05, 0.1) is 0 Å². The van der Waals surface area contributed by atoms with Crippen LogP contribution < -0.4 is 0 Å². The second-order valence-electron chi connectivity index (χ2n) is 6.22. The van der Waals surface area contributed by atoms with Crippen molar-refractivity contribution in [1.82, 2.24) is 4.67 Å². The predicted molar refractivity (Wildman–Crippen MR) is 93.2 cm³/mol. The number of halogens is 1. The molecule has 22 heavy (non-hydrogen) atoms. The number of hydrogen-bond donors (Lipinski definition) is 0. The average molecular weight is 315 g/mol. The van der Waals surface area contributed by atoms with Crippen molar-refractivity contribution in [2.75, 3.05) is 0 Å². The average Bonchev–Trinajstić information content (AvgIpc) is 2.87. The Labute approximate surface area is 134 Å². The third-order valence-corrected chi connectivity index (χ3v) is 5.60. The fraction of sp³-hybridized carbons (Fsp3) is 0.368. The SMILES string of the molecule is CC1CCC(c2ccc(CCc3ccccc3F)cc2)N1P. The highest BCUT2D eigenvalue weighted by molar-refractivity contribution is 7.13. The van der Waals surface area contributed by atoms with Gasteiger partial charge in [-0.15, -0.1) is 0 Å². The third kappa shape index (κ3) is 3.39. The molecule has 3 unspecified atom stereocenters. The van der Waals surface area contributed by atoms with Crippen LogP contribution in [0.5, 0.6) is 0 Å². The van der Waals surface area contributed by atoms with Gasteiger partial charge in [-0.3, -0.25) is 4.67 Å². The second-order valence-corrected chi connectivity index (χ2v) is 6.82. The first-order valence-corrected chi connectivity index (χ1v) is 8.52. The molecule has 1 saturated heterocycles. The van der Waals surface area contributed by atoms with Crippen LogP contribution in [0.4, 0.5) is 4.39 Å². The number of nitrogens with zero attached hydrogens (tertiary/aromatic N) is 1. The predicted octanol–water partition coefficient (Wildman–Crippen LogP) is 4.93. The Hall–Kier alpha value is -1.24. The van der Waals surface area contributed by atoms with Gasteiger partial charge in [0.25, 0.3) is 0 Å². The Balaban J connectivity index is 1.64. The maximum Gasteiger partial charge on any atom is 0.126 e. The number of aryl methyl sites for hydroxylation is 2. The molecule has 116 valence electrons. The Morgan fingerprint density at radius 2 is 1.77 bits per heavy atom. The first kappa shape index (κ1) is 15.6. The summed E-state index contributed by atoms with van der Waals surface area (Å²) in [6.45, 7) is 2.27. The van der Waals surface area contributed by atoms with E-state index in [-0.39, 0.29) is 5.82 Å². The molecule has 1 nitrogen and oxygen atoms in total. The summed E-state index contributed by atoms with van der Waals surface area (Å²) in [7, 11) is 2.87. The summed E-state index contributed by atoms with van der Waals surface area (Å²) < 4.78 is 16.0. The molecule has 0 N–H and O–H groups in total. The second kappa shape index (κ2) is 6.89. The molecular weight excluding hydrogens is 292 g/mol. The van der Waals surface area contributed by atoms with E-state index in [4.69, 9.17) is 0 Å². The van der Waals surface area contributed by atoms with Crippen LogP contribution in [0.1, 0.15) is 42.5 Å². The lowest BCUT2D eigenvalue weighted by Gasteiger charge is -2.23. The van der Waals surface area contributed by atoms with Crippen LogP contribution in [0.2, 0.25) is 0 Å². The first-order valence-electron chi connectivity index (χ1n) is 8.00. The van der Waals surface area contributed by atoms with Gasteiger partial charge in [-0.2, -0.15) is 0 Å². The van der Waals surface area contributed by atoms with Gasteiger partial charge in [0.15, 0.2) is 0 Å². The summed E-state index contributed by atoms with van der Waals surface area (Å²) in [4.78, 5) is 0. The Morgan fingerprint density at radius 3 is 2.41 bits per heavy atom. The zero-order valence-corrected chi connectivity index (χ0v) is 14.2. The van der Waals surface area contributed by atoms with E-state index in [0.717, 1.165) is 18.4 Å². The first-order chi connectivity index (χ1) is 10.6. The van der Waals surface area contributed by atoms with Gasteiger partial charge in [-0.25, -0.2) is 4.39 Å². The molecule has 0 amide bonds. The molecule has 3 rings (SSSR count). The zero-order valence-electron chi connectivity index (χ0n) is 13.0. The van der Waals surface area contributed by atoms with Gasteiger partial charge in [-0.05, 0) is 55.4 Å². The monoisotopic (exact) mass is 315 g/mol. The van der Waals surface area contributed by atoms with Crippen molar-refractivity contribution in [3.63, 3.8) is 0 Å². The number of rotatable bonds is 4. The summed E-state index contributed by atoms with van der Waals surface area (Å²) in [5.74, 6) is -0.0993. The van der Waals surface area contributed by atoms with Crippen LogP contribution in [0.25, 0.3) is 0 Å². The van der Waals surface area contributed by atoms with Gasteiger partial charge < -0.3 is 0 Å². The zero-order chi connectivity index (χ0) is 15.5. The van der Waals surface area contributed by atoms with Crippen LogP contribution in [0.15, 0.2) is 48.5 Å². The molecule has 0 spiro atoms. The minimum atomic E-state index is -0.0993. The fourth-order valence-corrected chi connectivity index (χ4v) is 3.70. The van der Waals surface area contributed by atoms with Crippen LogP contribution >= 0.6 is 9.39 Å². The lowest BCUT2D eigenvalue weighted by atomic mass is 10.00. The molecule has 0 aliphatic carbocycles. The van der Waals surface area contributed by atoms with Crippen molar-refractivity contribution in [3.05, 3.63) is 71.0 Å². The smallest absolute Gasteiger partial charge is 0.126 e. The molecule has 1 aliphatic rings. The lowest BCUT2D eigenvalue weighted by molar-refractivity contribution is 0.381. The van der Waals surface area contributed by atoms with Crippen LogP contribution in [-0.2, 0) is 12.8 Å². The molecule has 2 aromatic rings. The molecule has 1 fully saturated rings. The molecule has 3 heteroatoms. The van der Waals surface area contributed by atoms with Crippen LogP contribution in [0.3, 0.4) is 0 Å². The summed E-state index contributed by atoms with van der Waals surface area (Å²) in [6, 6.07) is 17.0. The Morgan fingerprint density at radius 1 is 1.05 bits per heavy atom. The normalized spacial score (nSPS) is 22.1. The van der Waals surface area contributed by atoms with Crippen LogP contribution in [-0.4, -0.2) is 10.7 Å². The summed E-state index contributed by atoms with van der Waals surface area (Å²) >= 11 is 0. The Kier molecular flexibility index (Phi) is 4.90. The van der Waals surface area contributed by atoms with Gasteiger partial charge >= 0.3 is 0 Å². The fourth-order valence-electron chi connectivity index (χ4n) is 3.23. The molecular formula is C19H23FNP. The molecule has 2 aromatic carbocycles. The molecule has 3 atom stereocenters. The van der Waals surface area contributed by atoms with Crippen molar-refractivity contribution >= 4 is 9.39 Å². The summed E-state index contributed by atoms with van der Waals surface area (Å²) in [6.07, 6.45) is 4.11. The minimum Gasteiger partial charge on any atom is -0.277 e. The van der Waals surface area contributed by atoms with E-state index in [2.05, 4.69) is 45.3 Å². The van der Waals surface area contributed by atoms with Gasteiger partial charge in [0, 0.05) is 12.1 Å². The van der Waals surface area contributed by atoms with E-state index < -0.39 is 0 Å². The van der Waals surface area contributed by atoms with Crippen molar-refractivity contribution in [2.24, 2.45) is 0 Å². The largest absolute Gasteiger partial charge is 0.277 e. The van der Waals surface area contributed by atoms with E-state index in [0.29, 0.717) is 12.1 Å². The van der Waals surface area contributed by atoms with E-state index in [1.807, 2.05) is 12.1 Å². The van der Waals surface area contributed by atoms with E-state index in [9.17, 15) is 4.39 Å². The molecule has 1 aliphatic heterocycles. The van der Waals surface area contributed by atoms with E-state index in [1.54, 1.807) is 6.07 Å². The standard InChI is InChI=1S/C19H23FNP/c1-14-6-13-19(21(14)22)17-11-8-15(9-12-17)7-10-16-4-2-3-5-18(16)20/h2-5,8-9,11-12,14,19H,6-7,10,13,22H2,1H3. The quantitative estimate of drug-likeness (QED) is 0.723. The highest BCUT2D eigenvalue weighted by atomic mass is 31.0. The molecule has 1 heterocycles. The summed E-state index contributed by atoms with van der Waals surface area (Å²) in [5.41, 5.74) is 3.45. The van der Waals surface area contributed by atoms with Crippen molar-refractivity contribution in [1.29, 1.82) is 0 Å². The van der Waals surface area contributed by atoms with Crippen molar-refractivity contribution < 1.29 is 4.39 Å². The van der Waals surface area contributed by atoms with E-state index >= 15 is 0 Å². The van der Waals surface area contributed by atoms with Crippen LogP contribution in [0, 0.1) is 5.82 Å². The highest BCUT2D eigenvalue weighted by Crippen LogP contribution is 2.38. The topological polar surface area (TPSA) is 3.24 Å². The minimum absolute atomic E-state index is 0.0993. The molecule has 0 bridgehead atoms. The molecule has 0 radical (unpaired) electrons. The maximum absolute atomic E-state index is 13.6. The van der Waals surface area contributed by atoms with Gasteiger partial charge in [0.2, 0.25) is 0 Å². The lowest BCUT2D eigenvalue weighted by Crippen LogP contribution is -2.18. The van der Waals surface area contributed by atoms with Gasteiger partial charge in [0.1, 0.15) is 5.82 Å². The van der Waals surface area contributed by atoms with Crippen molar-refractivity contribution in [2.45, 2.75) is 44.7 Å².